The van der Waals surface area contributed by atoms with Crippen molar-refractivity contribution in [2.24, 2.45) is 0 Å². The Balaban J connectivity index is -0.000000110. The molecule has 0 heterocycles. The van der Waals surface area contributed by atoms with Crippen LogP contribution in [0.5, 0.6) is 0 Å². The molecule has 2 N–H and O–H groups in total. The fourth-order valence-corrected chi connectivity index (χ4v) is 0.678. The molecule has 0 aliphatic heterocycles. The van der Waals surface area contributed by atoms with Gasteiger partial charge in [0.1, 0.15) is 0 Å². The summed E-state index contributed by atoms with van der Waals surface area (Å²) in [5, 5.41) is 16.7. The van der Waals surface area contributed by atoms with Crippen molar-refractivity contribution < 1.29 is 24.4 Å². The van der Waals surface area contributed by atoms with Gasteiger partial charge < -0.3 is 24.4 Å². The lowest BCUT2D eigenvalue weighted by Gasteiger charge is -2.12. The minimum Gasteiger partial charge on any atom is -0.394 e. The van der Waals surface area contributed by atoms with Gasteiger partial charge in [-0.25, -0.2) is 0 Å². The van der Waals surface area contributed by atoms with E-state index in [2.05, 4.69) is 17.9 Å². The Morgan fingerprint density at radius 2 is 1.43 bits per heavy atom. The molecule has 0 rings (SSSR count). The van der Waals surface area contributed by atoms with E-state index in [0.29, 0.717) is 19.8 Å². The van der Waals surface area contributed by atoms with E-state index in [1.54, 1.807) is 33.3 Å². The highest BCUT2D eigenvalue weighted by atomic mass is 16.5. The van der Waals surface area contributed by atoms with Gasteiger partial charge in [0.25, 0.3) is 0 Å². The summed E-state index contributed by atoms with van der Waals surface area (Å²) in [6.45, 7) is 15.6. The van der Waals surface area contributed by atoms with E-state index >= 15 is 0 Å². The van der Waals surface area contributed by atoms with Crippen molar-refractivity contribution in [3.63, 3.8) is 0 Å². The number of ether oxygens (including phenoxy) is 3. The Bertz CT molecular complexity index is 164. The van der Waals surface area contributed by atoms with E-state index < -0.39 is 0 Å². The SMILES string of the molecule is C=CC.C=CC.COCC(C)OCC(C)O.COCCO. The largest absolute Gasteiger partial charge is 0.394 e. The number of aliphatic hydroxyl groups excluding tert-OH is 2. The molecule has 0 aromatic carbocycles. The monoisotopic (exact) mass is 308 g/mol. The predicted octanol–water partition coefficient (Wildman–Crippen LogP) is 2.43. The summed E-state index contributed by atoms with van der Waals surface area (Å²) < 4.78 is 14.4. The Morgan fingerprint density at radius 3 is 1.62 bits per heavy atom. The van der Waals surface area contributed by atoms with Crippen LogP contribution >= 0.6 is 0 Å². The molecule has 0 spiro atoms. The molecule has 0 saturated heterocycles. The van der Waals surface area contributed by atoms with Gasteiger partial charge in [0.2, 0.25) is 0 Å². The zero-order valence-corrected chi connectivity index (χ0v) is 14.7. The first kappa shape index (κ1) is 28.4. The standard InChI is InChI=1S/C7H16O3.C3H8O2.2C3H6/c1-6(8)4-10-7(2)5-9-3;1-5-3-2-4;2*1-3-2/h6-8H,4-5H2,1-3H3;4H,2-3H2,1H3;2*3H,1H2,2H3. The quantitative estimate of drug-likeness (QED) is 0.707. The second kappa shape index (κ2) is 31.6. The minimum atomic E-state index is -0.390. The molecule has 0 saturated carbocycles. The van der Waals surface area contributed by atoms with Crippen molar-refractivity contribution >= 4 is 0 Å². The minimum absolute atomic E-state index is 0.0691. The lowest BCUT2D eigenvalue weighted by molar-refractivity contribution is -0.0268. The fraction of sp³-hybridized carbons (Fsp3) is 0.750. The van der Waals surface area contributed by atoms with Crippen molar-refractivity contribution in [2.75, 3.05) is 40.6 Å². The number of rotatable bonds is 7. The first-order chi connectivity index (χ1) is 9.91. The Hall–Kier alpha value is -0.720. The summed E-state index contributed by atoms with van der Waals surface area (Å²) in [6, 6.07) is 0. The Morgan fingerprint density at radius 1 is 1.00 bits per heavy atom. The Kier molecular flexibility index (Phi) is 42.8. The predicted molar refractivity (Wildman–Crippen MR) is 89.7 cm³/mol. The van der Waals surface area contributed by atoms with Crippen molar-refractivity contribution in [2.45, 2.75) is 39.9 Å². The van der Waals surface area contributed by atoms with Crippen LogP contribution in [-0.4, -0.2) is 63.1 Å². The summed E-state index contributed by atoms with van der Waals surface area (Å²) in [4.78, 5) is 0. The van der Waals surface area contributed by atoms with Gasteiger partial charge in [-0.05, 0) is 27.7 Å². The van der Waals surface area contributed by atoms with Crippen LogP contribution in [0, 0.1) is 0 Å². The maximum absolute atomic E-state index is 8.80. The number of allylic oxidation sites excluding steroid dienone is 2. The van der Waals surface area contributed by atoms with Crippen LogP contribution in [-0.2, 0) is 14.2 Å². The number of methoxy groups -OCH3 is 2. The third-order valence-corrected chi connectivity index (χ3v) is 1.32. The molecule has 2 unspecified atom stereocenters. The van der Waals surface area contributed by atoms with E-state index in [9.17, 15) is 0 Å². The molecule has 0 aromatic heterocycles. The number of hydrogen-bond acceptors (Lipinski definition) is 5. The van der Waals surface area contributed by atoms with E-state index in [1.165, 1.54) is 0 Å². The van der Waals surface area contributed by atoms with E-state index in [-0.39, 0.29) is 18.8 Å². The van der Waals surface area contributed by atoms with Gasteiger partial charge >= 0.3 is 0 Å². The van der Waals surface area contributed by atoms with Crippen molar-refractivity contribution in [1.82, 2.24) is 0 Å². The second-order valence-electron chi connectivity index (χ2n) is 3.98. The van der Waals surface area contributed by atoms with Crippen LogP contribution < -0.4 is 0 Å². The third kappa shape index (κ3) is 66.8. The van der Waals surface area contributed by atoms with Crippen LogP contribution in [0.4, 0.5) is 0 Å². The zero-order valence-electron chi connectivity index (χ0n) is 14.7. The van der Waals surface area contributed by atoms with Gasteiger partial charge in [-0.3, -0.25) is 0 Å². The molecule has 21 heavy (non-hydrogen) atoms. The van der Waals surface area contributed by atoms with Gasteiger partial charge in [0.15, 0.2) is 0 Å². The lowest BCUT2D eigenvalue weighted by atomic mass is 10.4. The molecule has 0 amide bonds. The molecule has 5 heteroatoms. The molecular formula is C16H36O5. The lowest BCUT2D eigenvalue weighted by Crippen LogP contribution is -2.20. The fourth-order valence-electron chi connectivity index (χ4n) is 0.678. The van der Waals surface area contributed by atoms with Gasteiger partial charge in [-0.2, -0.15) is 0 Å². The van der Waals surface area contributed by atoms with Crippen molar-refractivity contribution in [1.29, 1.82) is 0 Å². The summed E-state index contributed by atoms with van der Waals surface area (Å²) in [7, 11) is 3.18. The van der Waals surface area contributed by atoms with Crippen LogP contribution in [0.25, 0.3) is 0 Å². The highest BCUT2D eigenvalue weighted by molar-refractivity contribution is 4.52. The van der Waals surface area contributed by atoms with E-state index in [1.807, 2.05) is 20.8 Å². The molecule has 130 valence electrons. The molecule has 0 bridgehead atoms. The van der Waals surface area contributed by atoms with Crippen molar-refractivity contribution in [3.05, 3.63) is 25.3 Å². The molecule has 0 fully saturated rings. The van der Waals surface area contributed by atoms with Crippen LogP contribution in [0.3, 0.4) is 0 Å². The number of hydrogen-bond donors (Lipinski definition) is 2. The third-order valence-electron chi connectivity index (χ3n) is 1.32. The molecule has 0 aliphatic carbocycles. The maximum Gasteiger partial charge on any atom is 0.0781 e. The highest BCUT2D eigenvalue weighted by Crippen LogP contribution is 1.92. The molecule has 2 atom stereocenters. The van der Waals surface area contributed by atoms with Gasteiger partial charge in [0, 0.05) is 14.2 Å². The van der Waals surface area contributed by atoms with Crippen LogP contribution in [0.2, 0.25) is 0 Å². The zero-order chi connectivity index (χ0) is 17.5. The van der Waals surface area contributed by atoms with Crippen LogP contribution in [0.1, 0.15) is 27.7 Å². The van der Waals surface area contributed by atoms with E-state index in [0.717, 1.165) is 0 Å². The molecule has 0 aromatic rings. The maximum atomic E-state index is 8.80. The average molecular weight is 308 g/mol. The molecular weight excluding hydrogens is 272 g/mol. The summed E-state index contributed by atoms with van der Waals surface area (Å²) >= 11 is 0. The summed E-state index contributed by atoms with van der Waals surface area (Å²) in [5.74, 6) is 0. The van der Waals surface area contributed by atoms with Gasteiger partial charge in [-0.15, -0.1) is 13.2 Å². The molecule has 0 aliphatic rings. The second-order valence-corrected chi connectivity index (χ2v) is 3.98. The van der Waals surface area contributed by atoms with E-state index in [4.69, 9.17) is 19.7 Å². The number of aliphatic hydroxyl groups is 2. The van der Waals surface area contributed by atoms with Gasteiger partial charge in [0.05, 0.1) is 38.6 Å². The van der Waals surface area contributed by atoms with Gasteiger partial charge in [-0.1, -0.05) is 12.2 Å². The first-order valence-corrected chi connectivity index (χ1v) is 6.94. The van der Waals surface area contributed by atoms with Crippen LogP contribution in [0.15, 0.2) is 25.3 Å². The highest BCUT2D eigenvalue weighted by Gasteiger charge is 2.02. The summed E-state index contributed by atoms with van der Waals surface area (Å²) in [6.07, 6.45) is 3.18. The Labute approximate surface area is 131 Å². The molecule has 0 radical (unpaired) electrons. The first-order valence-electron chi connectivity index (χ1n) is 6.94. The topological polar surface area (TPSA) is 68.2 Å². The summed E-state index contributed by atoms with van der Waals surface area (Å²) in [5.41, 5.74) is 0. The molecule has 5 nitrogen and oxygen atoms in total. The van der Waals surface area contributed by atoms with Crippen molar-refractivity contribution in [3.8, 4) is 0 Å². The normalized spacial score (nSPS) is 11.2. The smallest absolute Gasteiger partial charge is 0.0781 e. The average Bonchev–Trinajstić information content (AvgIpc) is 2.40.